The molecule has 1 N–H and O–H groups in total. The summed E-state index contributed by atoms with van der Waals surface area (Å²) in [6, 6.07) is 19.2. The number of nitriles is 2. The van der Waals surface area contributed by atoms with E-state index in [1.807, 2.05) is 55.5 Å². The molecular weight excluding hydrogens is 294 g/mol. The number of nitrogens with zero attached hydrogens (tertiary/aromatic N) is 2. The predicted octanol–water partition coefficient (Wildman–Crippen LogP) is 4.14. The quantitative estimate of drug-likeness (QED) is 0.903. The van der Waals surface area contributed by atoms with E-state index in [0.29, 0.717) is 11.6 Å². The summed E-state index contributed by atoms with van der Waals surface area (Å²) in [5.74, 6) is -0.741. The minimum atomic E-state index is -0.741. The Morgan fingerprint density at radius 3 is 2.14 bits per heavy atom. The Morgan fingerprint density at radius 1 is 1.00 bits per heavy atom. The van der Waals surface area contributed by atoms with Gasteiger partial charge in [-0.2, -0.15) is 10.5 Å². The molecule has 0 aliphatic carbocycles. The number of rotatable bonds is 5. The van der Waals surface area contributed by atoms with Gasteiger partial charge in [-0.15, -0.1) is 0 Å². The number of hydrogen-bond acceptors (Lipinski definition) is 3. The molecule has 3 nitrogen and oxygen atoms in total. The molecule has 0 saturated heterocycles. The molecule has 110 valence electrons. The van der Waals surface area contributed by atoms with E-state index in [2.05, 4.69) is 17.5 Å². The second kappa shape index (κ2) is 7.61. The van der Waals surface area contributed by atoms with Crippen LogP contribution < -0.4 is 5.32 Å². The zero-order valence-corrected chi connectivity index (χ0v) is 13.0. The van der Waals surface area contributed by atoms with Gasteiger partial charge >= 0.3 is 0 Å². The third-order valence-electron chi connectivity index (χ3n) is 3.49. The van der Waals surface area contributed by atoms with Crippen molar-refractivity contribution in [1.29, 1.82) is 10.5 Å². The molecule has 2 rings (SSSR count). The number of nitrogens with one attached hydrogen (secondary N) is 1. The van der Waals surface area contributed by atoms with Gasteiger partial charge in [0.05, 0.1) is 18.2 Å². The fourth-order valence-corrected chi connectivity index (χ4v) is 2.34. The van der Waals surface area contributed by atoms with Gasteiger partial charge in [-0.3, -0.25) is 0 Å². The summed E-state index contributed by atoms with van der Waals surface area (Å²) < 4.78 is 0. The van der Waals surface area contributed by atoms with Crippen LogP contribution in [0.3, 0.4) is 0 Å². The van der Waals surface area contributed by atoms with Gasteiger partial charge in [0.25, 0.3) is 0 Å². The van der Waals surface area contributed by atoms with Crippen molar-refractivity contribution in [3.63, 3.8) is 0 Å². The maximum atomic E-state index is 9.22. The third kappa shape index (κ3) is 4.09. The normalized spacial score (nSPS) is 11.7. The van der Waals surface area contributed by atoms with Crippen LogP contribution in [0.25, 0.3) is 0 Å². The summed E-state index contributed by atoms with van der Waals surface area (Å²) in [6.07, 6.45) is 0. The number of benzene rings is 2. The van der Waals surface area contributed by atoms with Crippen LogP contribution in [0.1, 0.15) is 22.7 Å². The Hall–Kier alpha value is -2.33. The van der Waals surface area contributed by atoms with E-state index in [-0.39, 0.29) is 6.04 Å². The Balaban J connectivity index is 2.18. The number of halogens is 1. The van der Waals surface area contributed by atoms with Gasteiger partial charge in [-0.05, 0) is 30.2 Å². The van der Waals surface area contributed by atoms with Crippen LogP contribution in [0.2, 0.25) is 5.02 Å². The average Bonchev–Trinajstić information content (AvgIpc) is 2.54. The molecule has 1 unspecified atom stereocenters. The van der Waals surface area contributed by atoms with Crippen LogP contribution in [0.15, 0.2) is 48.5 Å². The van der Waals surface area contributed by atoms with Crippen molar-refractivity contribution < 1.29 is 0 Å². The Kier molecular flexibility index (Phi) is 5.55. The topological polar surface area (TPSA) is 59.6 Å². The fourth-order valence-electron chi connectivity index (χ4n) is 2.21. The van der Waals surface area contributed by atoms with Gasteiger partial charge in [0.15, 0.2) is 5.92 Å². The van der Waals surface area contributed by atoms with Crippen molar-refractivity contribution in [2.24, 2.45) is 5.92 Å². The first kappa shape index (κ1) is 16.0. The summed E-state index contributed by atoms with van der Waals surface area (Å²) in [5, 5.41) is 22.4. The molecule has 0 radical (unpaired) electrons. The molecule has 1 atom stereocenters. The molecule has 0 aliphatic heterocycles. The summed E-state index contributed by atoms with van der Waals surface area (Å²) in [4.78, 5) is 0. The van der Waals surface area contributed by atoms with E-state index < -0.39 is 5.92 Å². The molecule has 2 aromatic carbocycles. The molecule has 0 fully saturated rings. The van der Waals surface area contributed by atoms with Gasteiger partial charge in [0, 0.05) is 11.6 Å². The second-order valence-corrected chi connectivity index (χ2v) is 5.57. The monoisotopic (exact) mass is 309 g/mol. The lowest BCUT2D eigenvalue weighted by atomic mass is 9.94. The lowest BCUT2D eigenvalue weighted by Gasteiger charge is -2.20. The highest BCUT2D eigenvalue weighted by Crippen LogP contribution is 2.23. The SMILES string of the molecule is Cc1ccc(C(NCc2ccc(Cl)cc2)C(C#N)C#N)cc1. The molecule has 0 heterocycles. The Labute approximate surface area is 135 Å². The summed E-state index contributed by atoms with van der Waals surface area (Å²) >= 11 is 5.87. The molecule has 0 aliphatic rings. The highest BCUT2D eigenvalue weighted by atomic mass is 35.5. The number of aryl methyl sites for hydroxylation is 1. The Bertz CT molecular complexity index is 679. The van der Waals surface area contributed by atoms with Crippen molar-refractivity contribution >= 4 is 11.6 Å². The van der Waals surface area contributed by atoms with E-state index >= 15 is 0 Å². The molecule has 0 bridgehead atoms. The highest BCUT2D eigenvalue weighted by Gasteiger charge is 2.22. The number of hydrogen-bond donors (Lipinski definition) is 1. The first-order valence-corrected chi connectivity index (χ1v) is 7.35. The van der Waals surface area contributed by atoms with Crippen LogP contribution in [0.5, 0.6) is 0 Å². The zero-order valence-electron chi connectivity index (χ0n) is 12.3. The van der Waals surface area contributed by atoms with Crippen LogP contribution >= 0.6 is 11.6 Å². The van der Waals surface area contributed by atoms with E-state index in [0.717, 1.165) is 16.7 Å². The summed E-state index contributed by atoms with van der Waals surface area (Å²) in [7, 11) is 0. The second-order valence-electron chi connectivity index (χ2n) is 5.13. The summed E-state index contributed by atoms with van der Waals surface area (Å²) in [5.41, 5.74) is 3.13. The minimum absolute atomic E-state index is 0.328. The Morgan fingerprint density at radius 2 is 1.59 bits per heavy atom. The van der Waals surface area contributed by atoms with Gasteiger partial charge in [0.1, 0.15) is 0 Å². The largest absolute Gasteiger partial charge is 0.304 e. The fraction of sp³-hybridized carbons (Fsp3) is 0.222. The van der Waals surface area contributed by atoms with Gasteiger partial charge in [-0.25, -0.2) is 0 Å². The lowest BCUT2D eigenvalue weighted by Crippen LogP contribution is -2.26. The smallest absolute Gasteiger partial charge is 0.152 e. The molecule has 22 heavy (non-hydrogen) atoms. The van der Waals surface area contributed by atoms with Crippen LogP contribution in [-0.4, -0.2) is 0 Å². The standard InChI is InChI=1S/C18H16ClN3/c1-13-2-6-15(7-3-13)18(16(10-20)11-21)22-12-14-4-8-17(19)9-5-14/h2-9,16,18,22H,12H2,1H3. The molecular formula is C18H16ClN3. The molecule has 2 aromatic rings. The maximum absolute atomic E-state index is 9.22. The first-order valence-electron chi connectivity index (χ1n) is 6.97. The van der Waals surface area contributed by atoms with E-state index in [4.69, 9.17) is 11.6 Å². The molecule has 0 aromatic heterocycles. The molecule has 4 heteroatoms. The van der Waals surface area contributed by atoms with Crippen molar-refractivity contribution in [3.05, 3.63) is 70.2 Å². The third-order valence-corrected chi connectivity index (χ3v) is 3.74. The van der Waals surface area contributed by atoms with E-state index in [9.17, 15) is 10.5 Å². The van der Waals surface area contributed by atoms with Crippen LogP contribution in [-0.2, 0) is 6.54 Å². The van der Waals surface area contributed by atoms with Gasteiger partial charge in [0.2, 0.25) is 0 Å². The first-order chi connectivity index (χ1) is 10.6. The van der Waals surface area contributed by atoms with E-state index in [1.54, 1.807) is 0 Å². The summed E-state index contributed by atoms with van der Waals surface area (Å²) in [6.45, 7) is 2.57. The van der Waals surface area contributed by atoms with Gasteiger partial charge in [-0.1, -0.05) is 53.6 Å². The molecule has 0 spiro atoms. The average molecular weight is 310 g/mol. The van der Waals surface area contributed by atoms with Crippen molar-refractivity contribution in [2.45, 2.75) is 19.5 Å². The van der Waals surface area contributed by atoms with Crippen molar-refractivity contribution in [1.82, 2.24) is 5.32 Å². The lowest BCUT2D eigenvalue weighted by molar-refractivity contribution is 0.485. The van der Waals surface area contributed by atoms with E-state index in [1.165, 1.54) is 0 Å². The minimum Gasteiger partial charge on any atom is -0.304 e. The van der Waals surface area contributed by atoms with Crippen molar-refractivity contribution in [3.8, 4) is 12.1 Å². The van der Waals surface area contributed by atoms with Gasteiger partial charge < -0.3 is 5.32 Å². The molecule has 0 saturated carbocycles. The highest BCUT2D eigenvalue weighted by molar-refractivity contribution is 6.30. The predicted molar refractivity (Wildman–Crippen MR) is 86.9 cm³/mol. The molecule has 0 amide bonds. The van der Waals surface area contributed by atoms with Crippen LogP contribution in [0.4, 0.5) is 0 Å². The maximum Gasteiger partial charge on any atom is 0.152 e. The van der Waals surface area contributed by atoms with Crippen molar-refractivity contribution in [2.75, 3.05) is 0 Å². The van der Waals surface area contributed by atoms with Crippen LogP contribution in [0, 0.1) is 35.5 Å². The zero-order chi connectivity index (χ0) is 15.9.